The normalized spacial score (nSPS) is 11.1. The molecular formula is C29H25N5O3S. The molecule has 190 valence electrons. The molecule has 0 aliphatic heterocycles. The largest absolute Gasteiger partial charge is 0.497 e. The summed E-state index contributed by atoms with van der Waals surface area (Å²) in [6, 6.07) is 29.2. The summed E-state index contributed by atoms with van der Waals surface area (Å²) in [5.41, 5.74) is 5.18. The number of methoxy groups -OCH3 is 2. The summed E-state index contributed by atoms with van der Waals surface area (Å²) < 4.78 is 12.7. The van der Waals surface area contributed by atoms with E-state index in [4.69, 9.17) is 9.47 Å². The van der Waals surface area contributed by atoms with Gasteiger partial charge >= 0.3 is 0 Å². The Kier molecular flexibility index (Phi) is 7.65. The van der Waals surface area contributed by atoms with Crippen LogP contribution in [0.2, 0.25) is 0 Å². The zero-order valence-corrected chi connectivity index (χ0v) is 21.7. The second-order valence-electron chi connectivity index (χ2n) is 8.19. The van der Waals surface area contributed by atoms with Crippen LogP contribution in [0.4, 0.5) is 0 Å². The first-order chi connectivity index (χ1) is 18.7. The van der Waals surface area contributed by atoms with E-state index in [1.807, 2.05) is 95.6 Å². The molecule has 1 heterocycles. The number of benzene rings is 4. The van der Waals surface area contributed by atoms with Crippen molar-refractivity contribution in [3.63, 3.8) is 0 Å². The van der Waals surface area contributed by atoms with Gasteiger partial charge in [-0.25, -0.2) is 5.43 Å². The van der Waals surface area contributed by atoms with Crippen LogP contribution in [0, 0.1) is 0 Å². The third-order valence-electron chi connectivity index (χ3n) is 5.86. The minimum Gasteiger partial charge on any atom is -0.497 e. The van der Waals surface area contributed by atoms with Crippen LogP contribution in [0.25, 0.3) is 27.8 Å². The summed E-state index contributed by atoms with van der Waals surface area (Å²) in [5, 5.41) is 15.6. The van der Waals surface area contributed by atoms with Gasteiger partial charge < -0.3 is 9.47 Å². The van der Waals surface area contributed by atoms with Crippen molar-refractivity contribution in [1.82, 2.24) is 20.2 Å². The Morgan fingerprint density at radius 3 is 2.45 bits per heavy atom. The van der Waals surface area contributed by atoms with Gasteiger partial charge in [0.1, 0.15) is 11.5 Å². The predicted molar refractivity (Wildman–Crippen MR) is 150 cm³/mol. The fourth-order valence-electron chi connectivity index (χ4n) is 4.02. The van der Waals surface area contributed by atoms with Crippen LogP contribution >= 0.6 is 11.8 Å². The van der Waals surface area contributed by atoms with Crippen molar-refractivity contribution < 1.29 is 14.3 Å². The highest BCUT2D eigenvalue weighted by Crippen LogP contribution is 2.29. The number of hydrogen-bond donors (Lipinski definition) is 1. The predicted octanol–water partition coefficient (Wildman–Crippen LogP) is 5.35. The van der Waals surface area contributed by atoms with E-state index in [1.54, 1.807) is 20.4 Å². The van der Waals surface area contributed by atoms with Crippen molar-refractivity contribution >= 4 is 34.7 Å². The molecule has 1 amide bonds. The molecule has 5 aromatic rings. The maximum absolute atomic E-state index is 12.7. The van der Waals surface area contributed by atoms with E-state index in [2.05, 4.69) is 20.7 Å². The zero-order valence-electron chi connectivity index (χ0n) is 20.9. The molecule has 0 saturated heterocycles. The standard InChI is InChI=1S/C29H25N5O3S/c1-36-23-15-13-22(14-16-23)34-28(21-9-4-3-5-10-21)32-33-29(34)38-19-27(35)31-30-18-25-24-11-7-6-8-20(24)12-17-26(25)37-2/h3-18H,19H2,1-2H3,(H,31,35)/b30-18-. The molecule has 4 aromatic carbocycles. The second kappa shape index (κ2) is 11.6. The average Bonchev–Trinajstić information content (AvgIpc) is 3.40. The van der Waals surface area contributed by atoms with Gasteiger partial charge in [-0.05, 0) is 41.1 Å². The van der Waals surface area contributed by atoms with Crippen molar-refractivity contribution in [2.45, 2.75) is 5.16 Å². The molecule has 0 unspecified atom stereocenters. The van der Waals surface area contributed by atoms with Crippen LogP contribution < -0.4 is 14.9 Å². The lowest BCUT2D eigenvalue weighted by Gasteiger charge is -2.11. The maximum Gasteiger partial charge on any atom is 0.250 e. The molecule has 9 heteroatoms. The van der Waals surface area contributed by atoms with Gasteiger partial charge in [-0.3, -0.25) is 9.36 Å². The van der Waals surface area contributed by atoms with Gasteiger partial charge in [0.2, 0.25) is 0 Å². The first-order valence-corrected chi connectivity index (χ1v) is 12.8. The Bertz CT molecular complexity index is 1580. The van der Waals surface area contributed by atoms with Crippen LogP contribution in [0.3, 0.4) is 0 Å². The summed E-state index contributed by atoms with van der Waals surface area (Å²) in [5.74, 6) is 1.94. The summed E-state index contributed by atoms with van der Waals surface area (Å²) in [4.78, 5) is 12.7. The minimum atomic E-state index is -0.268. The molecule has 0 aliphatic carbocycles. The number of hydrazone groups is 1. The number of ether oxygens (including phenoxy) is 2. The van der Waals surface area contributed by atoms with E-state index in [0.29, 0.717) is 16.7 Å². The molecule has 8 nitrogen and oxygen atoms in total. The third-order valence-corrected chi connectivity index (χ3v) is 6.79. The number of thioether (sulfide) groups is 1. The van der Waals surface area contributed by atoms with E-state index in [9.17, 15) is 4.79 Å². The molecule has 1 aromatic heterocycles. The molecule has 0 atom stereocenters. The molecule has 0 fully saturated rings. The molecule has 0 bridgehead atoms. The number of hydrogen-bond acceptors (Lipinski definition) is 7. The highest BCUT2D eigenvalue weighted by molar-refractivity contribution is 7.99. The monoisotopic (exact) mass is 523 g/mol. The molecule has 5 rings (SSSR count). The topological polar surface area (TPSA) is 90.6 Å². The van der Waals surface area contributed by atoms with E-state index in [-0.39, 0.29) is 11.7 Å². The number of carbonyl (C=O) groups is 1. The molecule has 1 N–H and O–H groups in total. The van der Waals surface area contributed by atoms with E-state index in [1.165, 1.54) is 11.8 Å². The van der Waals surface area contributed by atoms with Crippen molar-refractivity contribution in [2.75, 3.05) is 20.0 Å². The smallest absolute Gasteiger partial charge is 0.250 e. The minimum absolute atomic E-state index is 0.104. The quantitative estimate of drug-likeness (QED) is 0.159. The first-order valence-electron chi connectivity index (χ1n) is 11.8. The number of nitrogens with one attached hydrogen (secondary N) is 1. The number of rotatable bonds is 9. The van der Waals surface area contributed by atoms with Crippen molar-refractivity contribution in [2.24, 2.45) is 5.10 Å². The summed E-state index contributed by atoms with van der Waals surface area (Å²) in [6.07, 6.45) is 1.61. The Labute approximate surface area is 224 Å². The van der Waals surface area contributed by atoms with Gasteiger partial charge in [-0.1, -0.05) is 72.4 Å². The Morgan fingerprint density at radius 1 is 0.921 bits per heavy atom. The summed E-state index contributed by atoms with van der Waals surface area (Å²) >= 11 is 1.28. The van der Waals surface area contributed by atoms with Crippen LogP contribution in [0.15, 0.2) is 101 Å². The Balaban J connectivity index is 1.34. The molecule has 0 saturated carbocycles. The van der Waals surface area contributed by atoms with Gasteiger partial charge in [0, 0.05) is 16.8 Å². The Hall–Kier alpha value is -4.63. The SMILES string of the molecule is COc1ccc(-n2c(SCC(=O)N/N=C\c3c(OC)ccc4ccccc34)nnc2-c2ccccc2)cc1. The number of aromatic nitrogens is 3. The van der Waals surface area contributed by atoms with E-state index >= 15 is 0 Å². The summed E-state index contributed by atoms with van der Waals surface area (Å²) in [7, 11) is 3.24. The van der Waals surface area contributed by atoms with Gasteiger partial charge in [0.05, 0.1) is 26.2 Å². The second-order valence-corrected chi connectivity index (χ2v) is 9.13. The lowest BCUT2D eigenvalue weighted by atomic mass is 10.0. The van der Waals surface area contributed by atoms with E-state index in [0.717, 1.165) is 33.3 Å². The number of carbonyl (C=O) groups excluding carboxylic acids is 1. The van der Waals surface area contributed by atoms with Crippen LogP contribution in [0.5, 0.6) is 11.5 Å². The van der Waals surface area contributed by atoms with Crippen LogP contribution in [-0.2, 0) is 4.79 Å². The van der Waals surface area contributed by atoms with Crippen LogP contribution in [0.1, 0.15) is 5.56 Å². The first kappa shape index (κ1) is 25.0. The fourth-order valence-corrected chi connectivity index (χ4v) is 4.76. The fraction of sp³-hybridized carbons (Fsp3) is 0.103. The van der Waals surface area contributed by atoms with Gasteiger partial charge in [-0.2, -0.15) is 5.10 Å². The molecule has 0 radical (unpaired) electrons. The van der Waals surface area contributed by atoms with Crippen LogP contribution in [-0.4, -0.2) is 46.9 Å². The third kappa shape index (κ3) is 5.37. The molecule has 38 heavy (non-hydrogen) atoms. The highest BCUT2D eigenvalue weighted by atomic mass is 32.2. The van der Waals surface area contributed by atoms with Crippen molar-refractivity contribution in [3.05, 3.63) is 96.6 Å². The number of fused-ring (bicyclic) bond motifs is 1. The van der Waals surface area contributed by atoms with Crippen molar-refractivity contribution in [1.29, 1.82) is 0 Å². The van der Waals surface area contributed by atoms with Gasteiger partial charge in [-0.15, -0.1) is 10.2 Å². The summed E-state index contributed by atoms with van der Waals surface area (Å²) in [6.45, 7) is 0. The zero-order chi connectivity index (χ0) is 26.3. The maximum atomic E-state index is 12.7. The number of amides is 1. The lowest BCUT2D eigenvalue weighted by molar-refractivity contribution is -0.118. The number of nitrogens with zero attached hydrogens (tertiary/aromatic N) is 4. The molecular weight excluding hydrogens is 498 g/mol. The average molecular weight is 524 g/mol. The van der Waals surface area contributed by atoms with Crippen molar-refractivity contribution in [3.8, 4) is 28.6 Å². The molecule has 0 aliphatic rings. The molecule has 0 spiro atoms. The highest BCUT2D eigenvalue weighted by Gasteiger charge is 2.17. The van der Waals surface area contributed by atoms with Gasteiger partial charge in [0.25, 0.3) is 5.91 Å². The van der Waals surface area contributed by atoms with E-state index < -0.39 is 0 Å². The van der Waals surface area contributed by atoms with Gasteiger partial charge in [0.15, 0.2) is 11.0 Å². The lowest BCUT2D eigenvalue weighted by Crippen LogP contribution is -2.20. The Morgan fingerprint density at radius 2 is 1.68 bits per heavy atom.